The third-order valence-corrected chi connectivity index (χ3v) is 2.21. The number of aliphatic hydroxyl groups is 1. The monoisotopic (exact) mass is 173 g/mol. The molecule has 0 heterocycles. The van der Waals surface area contributed by atoms with Crippen LogP contribution in [0.25, 0.3) is 0 Å². The lowest BCUT2D eigenvalue weighted by atomic mass is 10.0. The quantitative estimate of drug-likeness (QED) is 0.641. The van der Waals surface area contributed by atoms with Gasteiger partial charge in [-0.2, -0.15) is 0 Å². The molecule has 0 fully saturated rings. The summed E-state index contributed by atoms with van der Waals surface area (Å²) in [6.07, 6.45) is 1.84. The molecule has 0 saturated heterocycles. The zero-order chi connectivity index (χ0) is 9.56. The minimum Gasteiger partial charge on any atom is -0.393 e. The van der Waals surface area contributed by atoms with Crippen molar-refractivity contribution in [3.8, 4) is 0 Å². The van der Waals surface area contributed by atoms with Crippen molar-refractivity contribution in [3.05, 3.63) is 0 Å². The molecule has 0 saturated carbocycles. The fourth-order valence-electron chi connectivity index (χ4n) is 1.33. The van der Waals surface area contributed by atoms with Gasteiger partial charge in [-0.15, -0.1) is 0 Å². The number of hydrogen-bond donors (Lipinski definition) is 2. The highest BCUT2D eigenvalue weighted by Gasteiger charge is 2.09. The summed E-state index contributed by atoms with van der Waals surface area (Å²) in [5.74, 6) is 0.684. The second-order valence-electron chi connectivity index (χ2n) is 3.85. The molecule has 2 N–H and O–H groups in total. The summed E-state index contributed by atoms with van der Waals surface area (Å²) in [6, 6.07) is 0.601. The molecule has 0 amide bonds. The number of aliphatic hydroxyl groups excluding tert-OH is 1. The van der Waals surface area contributed by atoms with Crippen LogP contribution in [0.5, 0.6) is 0 Å². The second kappa shape index (κ2) is 6.44. The van der Waals surface area contributed by atoms with Gasteiger partial charge in [-0.3, -0.25) is 0 Å². The second-order valence-corrected chi connectivity index (χ2v) is 3.85. The summed E-state index contributed by atoms with van der Waals surface area (Å²) in [5.41, 5.74) is 0. The van der Waals surface area contributed by atoms with Crippen LogP contribution in [0.4, 0.5) is 0 Å². The molecule has 0 aromatic rings. The minimum absolute atomic E-state index is 0.179. The van der Waals surface area contributed by atoms with Crippen molar-refractivity contribution in [2.45, 2.75) is 52.7 Å². The van der Waals surface area contributed by atoms with Gasteiger partial charge in [-0.1, -0.05) is 20.8 Å². The highest BCUT2D eigenvalue weighted by molar-refractivity contribution is 4.68. The van der Waals surface area contributed by atoms with E-state index in [0.29, 0.717) is 12.0 Å². The van der Waals surface area contributed by atoms with E-state index in [1.54, 1.807) is 0 Å². The molecule has 0 aliphatic heterocycles. The molecule has 0 spiro atoms. The molecule has 12 heavy (non-hydrogen) atoms. The lowest BCUT2D eigenvalue weighted by molar-refractivity contribution is 0.180. The SMILES string of the molecule is CC[C@@H](NCC[C@@H](C)O)C(C)C. The van der Waals surface area contributed by atoms with E-state index in [1.165, 1.54) is 0 Å². The highest BCUT2D eigenvalue weighted by atomic mass is 16.3. The molecule has 74 valence electrons. The standard InChI is InChI=1S/C10H23NO/c1-5-10(8(2)3)11-7-6-9(4)12/h8-12H,5-7H2,1-4H3/t9-,10-/m1/s1. The summed E-state index contributed by atoms with van der Waals surface area (Å²) >= 11 is 0. The fraction of sp³-hybridized carbons (Fsp3) is 1.00. The Morgan fingerprint density at radius 3 is 2.17 bits per heavy atom. The molecule has 2 heteroatoms. The highest BCUT2D eigenvalue weighted by Crippen LogP contribution is 2.05. The topological polar surface area (TPSA) is 32.3 Å². The van der Waals surface area contributed by atoms with E-state index in [4.69, 9.17) is 5.11 Å². The first-order chi connectivity index (χ1) is 5.57. The van der Waals surface area contributed by atoms with E-state index in [-0.39, 0.29) is 6.10 Å². The molecular formula is C10H23NO. The van der Waals surface area contributed by atoms with Gasteiger partial charge in [0, 0.05) is 6.04 Å². The van der Waals surface area contributed by atoms with E-state index in [0.717, 1.165) is 19.4 Å². The number of rotatable bonds is 6. The van der Waals surface area contributed by atoms with Gasteiger partial charge in [0.2, 0.25) is 0 Å². The van der Waals surface area contributed by atoms with Crippen LogP contribution < -0.4 is 5.32 Å². The Bertz CT molecular complexity index is 102. The average molecular weight is 173 g/mol. The molecule has 0 aliphatic rings. The number of nitrogens with one attached hydrogen (secondary N) is 1. The largest absolute Gasteiger partial charge is 0.393 e. The Morgan fingerprint density at radius 2 is 1.83 bits per heavy atom. The summed E-state index contributed by atoms with van der Waals surface area (Å²) in [5, 5.41) is 12.5. The first-order valence-corrected chi connectivity index (χ1v) is 4.99. The smallest absolute Gasteiger partial charge is 0.0524 e. The van der Waals surface area contributed by atoms with E-state index < -0.39 is 0 Å². The maximum absolute atomic E-state index is 9.04. The molecule has 0 radical (unpaired) electrons. The maximum Gasteiger partial charge on any atom is 0.0524 e. The van der Waals surface area contributed by atoms with Crippen LogP contribution in [0.3, 0.4) is 0 Å². The average Bonchev–Trinajstić information content (AvgIpc) is 1.96. The van der Waals surface area contributed by atoms with E-state index in [2.05, 4.69) is 26.1 Å². The lowest BCUT2D eigenvalue weighted by Gasteiger charge is -2.20. The van der Waals surface area contributed by atoms with E-state index >= 15 is 0 Å². The summed E-state index contributed by atoms with van der Waals surface area (Å²) in [6.45, 7) is 9.40. The molecule has 0 unspecified atom stereocenters. The molecule has 0 bridgehead atoms. The lowest BCUT2D eigenvalue weighted by Crippen LogP contribution is -2.34. The van der Waals surface area contributed by atoms with Crippen LogP contribution in [-0.4, -0.2) is 23.8 Å². The first kappa shape index (κ1) is 11.9. The van der Waals surface area contributed by atoms with Crippen molar-refractivity contribution in [2.75, 3.05) is 6.54 Å². The Balaban J connectivity index is 3.45. The predicted molar refractivity (Wildman–Crippen MR) is 53.2 cm³/mol. The minimum atomic E-state index is -0.179. The van der Waals surface area contributed by atoms with Gasteiger partial charge in [-0.25, -0.2) is 0 Å². The van der Waals surface area contributed by atoms with Gasteiger partial charge in [-0.05, 0) is 32.2 Å². The van der Waals surface area contributed by atoms with Gasteiger partial charge < -0.3 is 10.4 Å². The third-order valence-electron chi connectivity index (χ3n) is 2.21. The Labute approximate surface area is 76.4 Å². The van der Waals surface area contributed by atoms with Gasteiger partial charge in [0.1, 0.15) is 0 Å². The van der Waals surface area contributed by atoms with Gasteiger partial charge in [0.05, 0.1) is 6.10 Å². The van der Waals surface area contributed by atoms with E-state index in [9.17, 15) is 0 Å². The van der Waals surface area contributed by atoms with Crippen LogP contribution in [0.1, 0.15) is 40.5 Å². The summed E-state index contributed by atoms with van der Waals surface area (Å²) in [4.78, 5) is 0. The zero-order valence-corrected chi connectivity index (χ0v) is 8.80. The molecule has 0 aromatic carbocycles. The summed E-state index contributed by atoms with van der Waals surface area (Å²) in [7, 11) is 0. The van der Waals surface area contributed by atoms with Crippen molar-refractivity contribution in [1.82, 2.24) is 5.32 Å². The van der Waals surface area contributed by atoms with Crippen molar-refractivity contribution >= 4 is 0 Å². The van der Waals surface area contributed by atoms with Crippen LogP contribution in [0.2, 0.25) is 0 Å². The molecule has 0 aliphatic carbocycles. The van der Waals surface area contributed by atoms with Crippen LogP contribution in [0, 0.1) is 5.92 Å². The van der Waals surface area contributed by atoms with Crippen LogP contribution >= 0.6 is 0 Å². The van der Waals surface area contributed by atoms with Crippen LogP contribution in [0.15, 0.2) is 0 Å². The molecule has 0 aromatic heterocycles. The van der Waals surface area contributed by atoms with E-state index in [1.807, 2.05) is 6.92 Å². The summed E-state index contributed by atoms with van der Waals surface area (Å²) < 4.78 is 0. The fourth-order valence-corrected chi connectivity index (χ4v) is 1.33. The van der Waals surface area contributed by atoms with Gasteiger partial charge >= 0.3 is 0 Å². The Morgan fingerprint density at radius 1 is 1.25 bits per heavy atom. The van der Waals surface area contributed by atoms with Crippen molar-refractivity contribution in [1.29, 1.82) is 0 Å². The normalized spacial score (nSPS) is 16.5. The molecule has 2 nitrogen and oxygen atoms in total. The maximum atomic E-state index is 9.04. The molecule has 0 rings (SSSR count). The molecule has 2 atom stereocenters. The van der Waals surface area contributed by atoms with Gasteiger partial charge in [0.25, 0.3) is 0 Å². The molecular weight excluding hydrogens is 150 g/mol. The third kappa shape index (κ3) is 5.56. The first-order valence-electron chi connectivity index (χ1n) is 4.99. The van der Waals surface area contributed by atoms with Crippen molar-refractivity contribution in [3.63, 3.8) is 0 Å². The Hall–Kier alpha value is -0.0800. The number of hydrogen-bond acceptors (Lipinski definition) is 2. The van der Waals surface area contributed by atoms with Crippen molar-refractivity contribution < 1.29 is 5.11 Å². The van der Waals surface area contributed by atoms with Gasteiger partial charge in [0.15, 0.2) is 0 Å². The predicted octanol–water partition coefficient (Wildman–Crippen LogP) is 1.78. The van der Waals surface area contributed by atoms with Crippen molar-refractivity contribution in [2.24, 2.45) is 5.92 Å². The Kier molecular flexibility index (Phi) is 6.39. The van der Waals surface area contributed by atoms with Crippen LogP contribution in [-0.2, 0) is 0 Å². The zero-order valence-electron chi connectivity index (χ0n) is 8.80.